The van der Waals surface area contributed by atoms with Crippen molar-refractivity contribution in [1.29, 1.82) is 10.5 Å². The van der Waals surface area contributed by atoms with Crippen molar-refractivity contribution in [3.05, 3.63) is 256 Å². The fourth-order valence-corrected chi connectivity index (χ4v) is 15.6. The lowest BCUT2D eigenvalue weighted by molar-refractivity contribution is -0.569. The maximum absolute atomic E-state index is 17.4. The largest absolute Gasteiger partial charge is 0.252 e. The van der Waals surface area contributed by atoms with Crippen LogP contribution in [-0.2, 0) is 29.5 Å². The van der Waals surface area contributed by atoms with Crippen LogP contribution in [0.25, 0.3) is 77.5 Å². The SMILES string of the molecule is N#Cc1cccc(S(=O)(=O)c2c[n+](-c3ccc(-c4c(S(=O)(=O)c5ccc(F)c(C#N)c5)c[n+](-c5ccc(-c6c(S(=O)(=O)c7ccc(F)c(F)c7)cnc7c(F)cccc67)c(F)c5)c5cc(Cl)ccc45)cc3Cl)c3cc(Cl)ccc3c2-c2ccc(F)cc2)c1. The van der Waals surface area contributed by atoms with Crippen molar-refractivity contribution >= 4 is 97.0 Å². The smallest absolute Gasteiger partial charge is 0.229 e. The van der Waals surface area contributed by atoms with Crippen molar-refractivity contribution in [3.8, 4) is 56.9 Å². The van der Waals surface area contributed by atoms with Crippen molar-refractivity contribution in [2.75, 3.05) is 0 Å². The van der Waals surface area contributed by atoms with E-state index in [1.807, 2.05) is 6.07 Å². The van der Waals surface area contributed by atoms with E-state index in [-0.39, 0.29) is 80.3 Å². The molecule has 432 valence electrons. The van der Waals surface area contributed by atoms with E-state index in [9.17, 15) is 36.5 Å². The van der Waals surface area contributed by atoms with Gasteiger partial charge in [0.15, 0.2) is 24.0 Å². The molecule has 0 N–H and O–H groups in total. The lowest BCUT2D eigenvalue weighted by atomic mass is 9.98. The standard InChI is InChI=1S/C65H32Cl3F6N5O6S3/c66-39-10-17-47-57(26-39)78(42-14-19-46(54(73)28-42)64-49-5-2-6-53(72)65(49)77-32-59(64)86(80,81)45-16-21-52(71)55(74)29-45)33-60(88(84,85)44-15-20-51(70)38(24-44)31-76)63(47)37-9-22-56(50(68)25-37)79-34-61(87(82,83)43-4-1-3-35(23-43)30-75)62(36-7-12-41(69)13-8-36)48-18-11-40(67)27-58(48)79/h1-29,32-34H/q+2. The van der Waals surface area contributed by atoms with Gasteiger partial charge < -0.3 is 0 Å². The Kier molecular flexibility index (Phi) is 14.9. The number of pyridine rings is 3. The summed E-state index contributed by atoms with van der Waals surface area (Å²) in [7, 11) is -14.4. The Hall–Kier alpha value is -9.51. The molecule has 0 radical (unpaired) electrons. The van der Waals surface area contributed by atoms with Crippen LogP contribution < -0.4 is 9.13 Å². The Morgan fingerprint density at radius 1 is 0.443 bits per heavy atom. The second-order valence-electron chi connectivity index (χ2n) is 19.7. The van der Waals surface area contributed by atoms with Crippen molar-refractivity contribution in [3.63, 3.8) is 0 Å². The molecule has 0 spiro atoms. The molecule has 0 unspecified atom stereocenters. The molecule has 12 aromatic rings. The van der Waals surface area contributed by atoms with Crippen molar-refractivity contribution in [1.82, 2.24) is 4.98 Å². The predicted octanol–water partition coefficient (Wildman–Crippen LogP) is 15.1. The van der Waals surface area contributed by atoms with Crippen LogP contribution in [0.4, 0.5) is 26.3 Å². The molecular formula is C65H32Cl3F6N5O6S3+2. The van der Waals surface area contributed by atoms with Gasteiger partial charge in [-0.25, -0.2) is 51.6 Å². The summed E-state index contributed by atoms with van der Waals surface area (Å²) in [6.45, 7) is 0. The van der Waals surface area contributed by atoms with Gasteiger partial charge in [0.05, 0.1) is 47.6 Å². The summed E-state index contributed by atoms with van der Waals surface area (Å²) in [4.78, 5) is 0.923. The molecule has 0 saturated carbocycles. The first-order chi connectivity index (χ1) is 42.0. The number of aromatic nitrogens is 3. The van der Waals surface area contributed by atoms with Crippen LogP contribution >= 0.6 is 34.8 Å². The van der Waals surface area contributed by atoms with Gasteiger partial charge in [-0.3, -0.25) is 4.98 Å². The second kappa shape index (κ2) is 22.3. The summed E-state index contributed by atoms with van der Waals surface area (Å²) < 4.78 is 183. The molecule has 11 nitrogen and oxygen atoms in total. The highest BCUT2D eigenvalue weighted by molar-refractivity contribution is 7.92. The van der Waals surface area contributed by atoms with Gasteiger partial charge in [0.2, 0.25) is 51.9 Å². The molecule has 3 aromatic heterocycles. The highest BCUT2D eigenvalue weighted by Crippen LogP contribution is 2.43. The first-order valence-corrected chi connectivity index (χ1v) is 31.3. The molecule has 23 heteroatoms. The molecule has 0 aliphatic rings. The number of rotatable bonds is 11. The summed E-state index contributed by atoms with van der Waals surface area (Å²) >= 11 is 20.7. The Morgan fingerprint density at radius 3 is 1.67 bits per heavy atom. The molecule has 9 aromatic carbocycles. The Labute approximate surface area is 511 Å². The molecular weight excluding hydrogens is 1260 g/mol. The number of benzene rings is 9. The number of hydrogen-bond donors (Lipinski definition) is 0. The molecule has 0 atom stereocenters. The number of para-hydroxylation sites is 1. The van der Waals surface area contributed by atoms with Crippen molar-refractivity contribution < 1.29 is 60.7 Å². The van der Waals surface area contributed by atoms with E-state index in [0.29, 0.717) is 28.6 Å². The number of nitriles is 2. The Morgan fingerprint density at radius 2 is 1.03 bits per heavy atom. The molecule has 12 rings (SSSR count). The average Bonchev–Trinajstić information content (AvgIpc) is 0.761. The zero-order valence-electron chi connectivity index (χ0n) is 44.3. The van der Waals surface area contributed by atoms with Gasteiger partial charge >= 0.3 is 0 Å². The zero-order chi connectivity index (χ0) is 62.3. The van der Waals surface area contributed by atoms with E-state index >= 15 is 25.6 Å². The van der Waals surface area contributed by atoms with Crippen LogP contribution in [0.1, 0.15) is 11.1 Å². The van der Waals surface area contributed by atoms with Gasteiger partial charge in [0.25, 0.3) is 0 Å². The quantitative estimate of drug-likeness (QED) is 0.0694. The van der Waals surface area contributed by atoms with Gasteiger partial charge in [-0.1, -0.05) is 65.1 Å². The van der Waals surface area contributed by atoms with Crippen molar-refractivity contribution in [2.24, 2.45) is 0 Å². The van der Waals surface area contributed by atoms with Gasteiger partial charge in [-0.15, -0.1) is 0 Å². The number of sulfone groups is 3. The summed E-state index contributed by atoms with van der Waals surface area (Å²) in [6, 6.07) is 38.7. The van der Waals surface area contributed by atoms with Crippen LogP contribution in [0.15, 0.2) is 224 Å². The number of hydrogen-bond acceptors (Lipinski definition) is 9. The topological polar surface area (TPSA) is 171 Å². The first kappa shape index (κ1) is 58.9. The highest BCUT2D eigenvalue weighted by atomic mass is 35.5. The fourth-order valence-electron chi connectivity index (χ4n) is 10.5. The zero-order valence-corrected chi connectivity index (χ0v) is 49.0. The normalized spacial score (nSPS) is 11.9. The molecule has 88 heavy (non-hydrogen) atoms. The lowest BCUT2D eigenvalue weighted by Crippen LogP contribution is -2.34. The van der Waals surface area contributed by atoms with Crippen LogP contribution in [0.3, 0.4) is 0 Å². The number of nitrogens with zero attached hydrogens (tertiary/aromatic N) is 5. The third-order valence-electron chi connectivity index (χ3n) is 14.6. The fraction of sp³-hybridized carbons (Fsp3) is 0. The summed E-state index contributed by atoms with van der Waals surface area (Å²) in [5.74, 6) is -6.55. The third-order valence-corrected chi connectivity index (χ3v) is 20.7. The first-order valence-electron chi connectivity index (χ1n) is 25.7. The maximum Gasteiger partial charge on any atom is 0.229 e. The molecule has 0 bridgehead atoms. The second-order valence-corrected chi connectivity index (χ2v) is 26.8. The molecule has 0 aliphatic heterocycles. The van der Waals surface area contributed by atoms with Crippen LogP contribution in [-0.4, -0.2) is 30.2 Å². The van der Waals surface area contributed by atoms with Crippen LogP contribution in [0, 0.1) is 57.6 Å². The summed E-state index contributed by atoms with van der Waals surface area (Å²) in [5, 5.41) is 20.0. The average molecular weight is 1300 g/mol. The van der Waals surface area contributed by atoms with Gasteiger partial charge in [-0.2, -0.15) is 19.7 Å². The lowest BCUT2D eigenvalue weighted by Gasteiger charge is -2.17. The predicted molar refractivity (Wildman–Crippen MR) is 316 cm³/mol. The Bertz CT molecular complexity index is 5500. The van der Waals surface area contributed by atoms with Crippen LogP contribution in [0.5, 0.6) is 0 Å². The van der Waals surface area contributed by atoms with Crippen LogP contribution in [0.2, 0.25) is 15.1 Å². The minimum Gasteiger partial charge on any atom is -0.252 e. The maximum atomic E-state index is 17.4. The summed E-state index contributed by atoms with van der Waals surface area (Å²) in [6.07, 6.45) is 3.17. The van der Waals surface area contributed by atoms with E-state index in [4.69, 9.17) is 34.8 Å². The molecule has 0 aliphatic carbocycles. The number of fused-ring (bicyclic) bond motifs is 3. The molecule has 0 saturated heterocycles. The van der Waals surface area contributed by atoms with E-state index in [1.165, 1.54) is 112 Å². The highest BCUT2D eigenvalue weighted by Gasteiger charge is 2.36. The minimum absolute atomic E-state index is 0.0455. The monoisotopic (exact) mass is 1290 g/mol. The van der Waals surface area contributed by atoms with Gasteiger partial charge in [0, 0.05) is 74.2 Å². The van der Waals surface area contributed by atoms with Gasteiger partial charge in [-0.05, 0) is 126 Å². The third kappa shape index (κ3) is 10.1. The number of halogens is 9. The van der Waals surface area contributed by atoms with E-state index in [0.717, 1.165) is 67.0 Å². The Balaban J connectivity index is 1.09. The van der Waals surface area contributed by atoms with Crippen molar-refractivity contribution in [2.45, 2.75) is 29.4 Å². The van der Waals surface area contributed by atoms with E-state index < -0.39 is 101 Å². The summed E-state index contributed by atoms with van der Waals surface area (Å²) in [5.41, 5.74) is -0.947. The minimum atomic E-state index is -4.94. The van der Waals surface area contributed by atoms with E-state index in [1.54, 1.807) is 18.2 Å². The molecule has 0 amide bonds. The molecule has 3 heterocycles. The van der Waals surface area contributed by atoms with Gasteiger partial charge in [0.1, 0.15) is 49.7 Å². The molecule has 0 fully saturated rings. The van der Waals surface area contributed by atoms with E-state index in [2.05, 4.69) is 4.98 Å².